The van der Waals surface area contributed by atoms with Crippen LogP contribution in [-0.4, -0.2) is 55.3 Å². The fraction of sp³-hybridized carbons (Fsp3) is 0.600. The van der Waals surface area contributed by atoms with Crippen molar-refractivity contribution < 1.29 is 24.2 Å². The molecule has 0 aromatic carbocycles. The van der Waals surface area contributed by atoms with Gasteiger partial charge in [-0.15, -0.1) is 11.3 Å². The fourth-order valence-corrected chi connectivity index (χ4v) is 2.70. The Hall–Kier alpha value is -1.60. The molecule has 0 spiro atoms. The quantitative estimate of drug-likeness (QED) is 0.667. The lowest BCUT2D eigenvalue weighted by Gasteiger charge is -2.24. The number of ether oxygens (including phenoxy) is 2. The van der Waals surface area contributed by atoms with E-state index in [1.165, 1.54) is 11.3 Å². The lowest BCUT2D eigenvalue weighted by Crippen LogP contribution is -2.37. The summed E-state index contributed by atoms with van der Waals surface area (Å²) in [6.45, 7) is 5.34. The van der Waals surface area contributed by atoms with E-state index in [1.807, 2.05) is 6.92 Å². The number of carbonyl (C=O) groups excluding carboxylic acids is 1. The number of nitrogens with zero attached hydrogens (tertiary/aromatic N) is 1. The predicted octanol–water partition coefficient (Wildman–Crippen LogP) is 2.35. The van der Waals surface area contributed by atoms with Crippen LogP contribution in [0, 0.1) is 5.92 Å². The molecular formula is C15H23NO5S. The molecule has 0 aliphatic carbocycles. The van der Waals surface area contributed by atoms with Crippen molar-refractivity contribution in [3.05, 3.63) is 16.3 Å². The van der Waals surface area contributed by atoms with E-state index in [1.54, 1.807) is 30.4 Å². The molecule has 22 heavy (non-hydrogen) atoms. The number of hydrogen-bond acceptors (Lipinski definition) is 5. The standard InChI is InChI=1S/C15H23NO5S/c1-4-21-7-5-6-16(9-11(2)15(18)19)14(17)13-8-12(20-3)10-22-13/h8,10-11H,4-7,9H2,1-3H3,(H,18,19). The molecule has 124 valence electrons. The van der Waals surface area contributed by atoms with Gasteiger partial charge >= 0.3 is 5.97 Å². The van der Waals surface area contributed by atoms with Crippen molar-refractivity contribution in [2.45, 2.75) is 20.3 Å². The monoisotopic (exact) mass is 329 g/mol. The Morgan fingerprint density at radius 3 is 2.73 bits per heavy atom. The first-order valence-corrected chi connectivity index (χ1v) is 8.09. The Bertz CT molecular complexity index is 488. The summed E-state index contributed by atoms with van der Waals surface area (Å²) in [4.78, 5) is 25.7. The smallest absolute Gasteiger partial charge is 0.308 e. The number of carbonyl (C=O) groups is 2. The molecule has 1 aromatic rings. The average Bonchev–Trinajstić information content (AvgIpc) is 2.98. The van der Waals surface area contributed by atoms with Crippen LogP contribution in [0.15, 0.2) is 11.4 Å². The Morgan fingerprint density at radius 2 is 2.18 bits per heavy atom. The molecule has 6 nitrogen and oxygen atoms in total. The molecule has 0 saturated heterocycles. The summed E-state index contributed by atoms with van der Waals surface area (Å²) in [6.07, 6.45) is 0.675. The summed E-state index contributed by atoms with van der Waals surface area (Å²) in [6, 6.07) is 1.67. The highest BCUT2D eigenvalue weighted by Gasteiger charge is 2.22. The number of hydrogen-bond donors (Lipinski definition) is 1. The van der Waals surface area contributed by atoms with E-state index < -0.39 is 11.9 Å². The molecule has 0 aliphatic rings. The molecule has 0 saturated carbocycles. The third-order valence-corrected chi connectivity index (χ3v) is 4.04. The van der Waals surface area contributed by atoms with Crippen LogP contribution in [0.25, 0.3) is 0 Å². The summed E-state index contributed by atoms with van der Waals surface area (Å²) in [5.41, 5.74) is 0. The summed E-state index contributed by atoms with van der Waals surface area (Å²) in [5.74, 6) is -1.06. The van der Waals surface area contributed by atoms with Crippen molar-refractivity contribution in [1.82, 2.24) is 4.90 Å². The van der Waals surface area contributed by atoms with Crippen LogP contribution < -0.4 is 4.74 Å². The zero-order valence-corrected chi connectivity index (χ0v) is 14.0. The fourth-order valence-electron chi connectivity index (χ4n) is 1.88. The van der Waals surface area contributed by atoms with E-state index in [2.05, 4.69) is 0 Å². The first-order chi connectivity index (χ1) is 10.5. The van der Waals surface area contributed by atoms with Gasteiger partial charge in [0.1, 0.15) is 5.75 Å². The van der Waals surface area contributed by atoms with Crippen molar-refractivity contribution in [2.75, 3.05) is 33.4 Å². The van der Waals surface area contributed by atoms with E-state index in [9.17, 15) is 9.59 Å². The van der Waals surface area contributed by atoms with Crippen molar-refractivity contribution in [3.63, 3.8) is 0 Å². The third-order valence-electron chi connectivity index (χ3n) is 3.15. The number of thiophene rings is 1. The number of carboxylic acid groups (broad SMARTS) is 1. The lowest BCUT2D eigenvalue weighted by molar-refractivity contribution is -0.141. The Balaban J connectivity index is 2.73. The van der Waals surface area contributed by atoms with Gasteiger partial charge in [0, 0.05) is 37.7 Å². The lowest BCUT2D eigenvalue weighted by atomic mass is 10.1. The first kappa shape index (κ1) is 18.4. The molecule has 1 N–H and O–H groups in total. The topological polar surface area (TPSA) is 76.1 Å². The van der Waals surface area contributed by atoms with Crippen LogP contribution in [-0.2, 0) is 9.53 Å². The van der Waals surface area contributed by atoms with E-state index >= 15 is 0 Å². The van der Waals surface area contributed by atoms with Gasteiger partial charge in [-0.1, -0.05) is 6.92 Å². The summed E-state index contributed by atoms with van der Waals surface area (Å²) in [5, 5.41) is 10.8. The number of methoxy groups -OCH3 is 1. The molecule has 0 bridgehead atoms. The molecule has 1 amide bonds. The Morgan fingerprint density at radius 1 is 1.45 bits per heavy atom. The molecule has 0 aliphatic heterocycles. The average molecular weight is 329 g/mol. The largest absolute Gasteiger partial charge is 0.496 e. The van der Waals surface area contributed by atoms with Gasteiger partial charge in [-0.25, -0.2) is 0 Å². The third kappa shape index (κ3) is 5.65. The van der Waals surface area contributed by atoms with Crippen LogP contribution in [0.2, 0.25) is 0 Å². The van der Waals surface area contributed by atoms with Crippen LogP contribution in [0.1, 0.15) is 29.9 Å². The molecule has 1 heterocycles. The first-order valence-electron chi connectivity index (χ1n) is 7.21. The molecule has 7 heteroatoms. The van der Waals surface area contributed by atoms with Gasteiger partial charge in [-0.05, 0) is 13.3 Å². The van der Waals surface area contributed by atoms with Crippen LogP contribution in [0.3, 0.4) is 0 Å². The predicted molar refractivity (Wildman–Crippen MR) is 84.7 cm³/mol. The van der Waals surface area contributed by atoms with Crippen molar-refractivity contribution in [3.8, 4) is 5.75 Å². The van der Waals surface area contributed by atoms with Gasteiger partial charge in [0.15, 0.2) is 0 Å². The maximum absolute atomic E-state index is 12.5. The maximum Gasteiger partial charge on any atom is 0.308 e. The molecule has 1 unspecified atom stereocenters. The summed E-state index contributed by atoms with van der Waals surface area (Å²) in [7, 11) is 1.54. The van der Waals surface area contributed by atoms with E-state index in [0.717, 1.165) is 0 Å². The second kappa shape index (κ2) is 9.42. The maximum atomic E-state index is 12.5. The minimum atomic E-state index is -0.911. The van der Waals surface area contributed by atoms with Crippen LogP contribution in [0.5, 0.6) is 5.75 Å². The molecule has 1 rings (SSSR count). The zero-order valence-electron chi connectivity index (χ0n) is 13.2. The van der Waals surface area contributed by atoms with Crippen molar-refractivity contribution >= 4 is 23.2 Å². The summed E-state index contributed by atoms with van der Waals surface area (Å²) < 4.78 is 10.4. The van der Waals surface area contributed by atoms with Crippen molar-refractivity contribution in [2.24, 2.45) is 5.92 Å². The van der Waals surface area contributed by atoms with Crippen LogP contribution in [0.4, 0.5) is 0 Å². The SMILES string of the molecule is CCOCCCN(CC(C)C(=O)O)C(=O)c1cc(OC)cs1. The highest BCUT2D eigenvalue weighted by Crippen LogP contribution is 2.23. The highest BCUT2D eigenvalue weighted by atomic mass is 32.1. The van der Waals surface area contributed by atoms with Gasteiger partial charge in [0.25, 0.3) is 5.91 Å². The second-order valence-corrected chi connectivity index (χ2v) is 5.80. The van der Waals surface area contributed by atoms with E-state index in [0.29, 0.717) is 36.8 Å². The number of amides is 1. The second-order valence-electron chi connectivity index (χ2n) is 4.89. The normalized spacial score (nSPS) is 12.0. The van der Waals surface area contributed by atoms with Gasteiger partial charge < -0.3 is 19.5 Å². The molecular weight excluding hydrogens is 306 g/mol. The minimum Gasteiger partial charge on any atom is -0.496 e. The molecule has 1 aromatic heterocycles. The van der Waals surface area contributed by atoms with Gasteiger partial charge in [0.2, 0.25) is 0 Å². The molecule has 0 fully saturated rings. The molecule has 0 radical (unpaired) electrons. The van der Waals surface area contributed by atoms with Gasteiger partial charge in [0.05, 0.1) is 17.9 Å². The van der Waals surface area contributed by atoms with Gasteiger partial charge in [-0.2, -0.15) is 0 Å². The number of aliphatic carboxylic acids is 1. The van der Waals surface area contributed by atoms with Crippen molar-refractivity contribution in [1.29, 1.82) is 0 Å². The van der Waals surface area contributed by atoms with Gasteiger partial charge in [-0.3, -0.25) is 9.59 Å². The zero-order chi connectivity index (χ0) is 16.5. The molecule has 1 atom stereocenters. The number of rotatable bonds is 10. The Labute approximate surface area is 134 Å². The highest BCUT2D eigenvalue weighted by molar-refractivity contribution is 7.12. The van der Waals surface area contributed by atoms with E-state index in [-0.39, 0.29) is 12.5 Å². The van der Waals surface area contributed by atoms with Crippen LogP contribution >= 0.6 is 11.3 Å². The Kier molecular flexibility index (Phi) is 7.90. The summed E-state index contributed by atoms with van der Waals surface area (Å²) >= 11 is 1.29. The number of carboxylic acids is 1. The van der Waals surface area contributed by atoms with E-state index in [4.69, 9.17) is 14.6 Å². The minimum absolute atomic E-state index is 0.169.